The maximum absolute atomic E-state index is 12.6. The molecule has 0 bridgehead atoms. The molecule has 9 nitrogen and oxygen atoms in total. The summed E-state index contributed by atoms with van der Waals surface area (Å²) in [6, 6.07) is 12.9. The number of terminal acetylenes is 1. The highest BCUT2D eigenvalue weighted by Gasteiger charge is 2.18. The van der Waals surface area contributed by atoms with Crippen LogP contribution in [-0.2, 0) is 19.6 Å². The van der Waals surface area contributed by atoms with Crippen molar-refractivity contribution in [1.29, 1.82) is 0 Å². The second-order valence-electron chi connectivity index (χ2n) is 7.41. The van der Waals surface area contributed by atoms with Gasteiger partial charge in [-0.15, -0.1) is 6.42 Å². The normalized spacial score (nSPS) is 13.8. The van der Waals surface area contributed by atoms with Gasteiger partial charge in [-0.05, 0) is 48.5 Å². The van der Waals surface area contributed by atoms with E-state index in [1.807, 2.05) is 24.3 Å². The molecule has 0 aromatic heterocycles. The monoisotopic (exact) mass is 470 g/mol. The Morgan fingerprint density at radius 2 is 1.73 bits per heavy atom. The van der Waals surface area contributed by atoms with Gasteiger partial charge in [0.2, 0.25) is 15.9 Å². The van der Waals surface area contributed by atoms with Crippen LogP contribution < -0.4 is 14.9 Å². The number of rotatable bonds is 8. The molecule has 0 radical (unpaired) electrons. The fraction of sp³-hybridized carbons (Fsp3) is 0.304. The molecule has 0 saturated carbocycles. The SMILES string of the molecule is C#CCNS(=O)(=O)c1ccc(C(=O)N(C)CC(=O)Nc2ccc(N3CCOCC3)cc2)cc1. The van der Waals surface area contributed by atoms with Crippen molar-refractivity contribution < 1.29 is 22.7 Å². The van der Waals surface area contributed by atoms with Gasteiger partial charge in [-0.3, -0.25) is 9.59 Å². The van der Waals surface area contributed by atoms with Crippen molar-refractivity contribution >= 4 is 33.2 Å². The zero-order valence-corrected chi connectivity index (χ0v) is 19.1. The van der Waals surface area contributed by atoms with Crippen molar-refractivity contribution in [2.75, 3.05) is 56.7 Å². The Balaban J connectivity index is 1.54. The first kappa shape index (κ1) is 24.3. The van der Waals surface area contributed by atoms with Crippen LogP contribution >= 0.6 is 0 Å². The highest BCUT2D eigenvalue weighted by atomic mass is 32.2. The van der Waals surface area contributed by atoms with E-state index >= 15 is 0 Å². The minimum Gasteiger partial charge on any atom is -0.378 e. The Morgan fingerprint density at radius 3 is 2.33 bits per heavy atom. The van der Waals surface area contributed by atoms with Crippen molar-refractivity contribution in [1.82, 2.24) is 9.62 Å². The van der Waals surface area contributed by atoms with Crippen LogP contribution in [0.2, 0.25) is 0 Å². The number of nitrogens with zero attached hydrogens (tertiary/aromatic N) is 2. The molecular weight excluding hydrogens is 444 g/mol. The minimum absolute atomic E-state index is 0.00442. The third-order valence-electron chi connectivity index (χ3n) is 5.03. The van der Waals surface area contributed by atoms with Crippen LogP contribution in [0, 0.1) is 12.3 Å². The Bertz CT molecular complexity index is 1120. The highest BCUT2D eigenvalue weighted by molar-refractivity contribution is 7.89. The number of carbonyl (C=O) groups is 2. The molecule has 2 aromatic rings. The summed E-state index contributed by atoms with van der Waals surface area (Å²) in [6.45, 7) is 2.75. The Labute approximate surface area is 193 Å². The van der Waals surface area contributed by atoms with E-state index in [2.05, 4.69) is 20.9 Å². The van der Waals surface area contributed by atoms with Gasteiger partial charge < -0.3 is 19.9 Å². The Hall–Kier alpha value is -3.39. The van der Waals surface area contributed by atoms with Gasteiger partial charge in [0.1, 0.15) is 0 Å². The molecule has 0 atom stereocenters. The van der Waals surface area contributed by atoms with Crippen LogP contribution in [0.25, 0.3) is 0 Å². The van der Waals surface area contributed by atoms with Gasteiger partial charge in [0.15, 0.2) is 0 Å². The first-order chi connectivity index (χ1) is 15.8. The molecule has 0 aliphatic carbocycles. The van der Waals surface area contributed by atoms with Crippen LogP contribution in [0.5, 0.6) is 0 Å². The molecule has 1 saturated heterocycles. The lowest BCUT2D eigenvalue weighted by atomic mass is 10.2. The smallest absolute Gasteiger partial charge is 0.254 e. The number of ether oxygens (including phenoxy) is 1. The summed E-state index contributed by atoms with van der Waals surface area (Å²) < 4.78 is 31.7. The molecule has 174 valence electrons. The fourth-order valence-corrected chi connectivity index (χ4v) is 4.22. The molecule has 1 fully saturated rings. The van der Waals surface area contributed by atoms with Crippen molar-refractivity contribution in [3.63, 3.8) is 0 Å². The van der Waals surface area contributed by atoms with E-state index in [-0.39, 0.29) is 29.5 Å². The number of sulfonamides is 1. The number of nitrogens with one attached hydrogen (secondary N) is 2. The van der Waals surface area contributed by atoms with E-state index in [0.717, 1.165) is 18.8 Å². The minimum atomic E-state index is -3.74. The number of anilines is 2. The van der Waals surface area contributed by atoms with E-state index in [0.29, 0.717) is 18.9 Å². The summed E-state index contributed by atoms with van der Waals surface area (Å²) in [6.07, 6.45) is 5.07. The average Bonchev–Trinajstić information content (AvgIpc) is 2.83. The van der Waals surface area contributed by atoms with Gasteiger partial charge in [0.25, 0.3) is 5.91 Å². The van der Waals surface area contributed by atoms with Gasteiger partial charge in [0, 0.05) is 37.1 Å². The largest absolute Gasteiger partial charge is 0.378 e. The second kappa shape index (κ2) is 11.0. The predicted molar refractivity (Wildman–Crippen MR) is 126 cm³/mol. The lowest BCUT2D eigenvalue weighted by Gasteiger charge is -2.28. The van der Waals surface area contributed by atoms with Gasteiger partial charge in [0.05, 0.1) is 31.2 Å². The van der Waals surface area contributed by atoms with E-state index < -0.39 is 15.9 Å². The quantitative estimate of drug-likeness (QED) is 0.561. The molecule has 10 heteroatoms. The van der Waals surface area contributed by atoms with Gasteiger partial charge in [-0.2, -0.15) is 4.72 Å². The van der Waals surface area contributed by atoms with Crippen molar-refractivity contribution in [2.24, 2.45) is 0 Å². The number of carbonyl (C=O) groups excluding carboxylic acids is 2. The number of benzene rings is 2. The van der Waals surface area contributed by atoms with Crippen molar-refractivity contribution in [3.05, 3.63) is 54.1 Å². The van der Waals surface area contributed by atoms with E-state index in [1.54, 1.807) is 0 Å². The van der Waals surface area contributed by atoms with Crippen LogP contribution in [0.3, 0.4) is 0 Å². The number of likely N-dealkylation sites (N-methyl/N-ethyl adjacent to an activating group) is 1. The van der Waals surface area contributed by atoms with Crippen LogP contribution in [-0.4, -0.2) is 71.6 Å². The molecule has 2 N–H and O–H groups in total. The van der Waals surface area contributed by atoms with Crippen LogP contribution in [0.1, 0.15) is 10.4 Å². The summed E-state index contributed by atoms with van der Waals surface area (Å²) in [7, 11) is -2.24. The third-order valence-corrected chi connectivity index (χ3v) is 6.45. The van der Waals surface area contributed by atoms with Gasteiger partial charge >= 0.3 is 0 Å². The molecule has 0 spiro atoms. The lowest BCUT2D eigenvalue weighted by molar-refractivity contribution is -0.116. The number of hydrogen-bond acceptors (Lipinski definition) is 6. The molecule has 2 aromatic carbocycles. The predicted octanol–water partition coefficient (Wildman–Crippen LogP) is 1.15. The number of amides is 2. The second-order valence-corrected chi connectivity index (χ2v) is 9.18. The van der Waals surface area contributed by atoms with E-state index in [9.17, 15) is 18.0 Å². The lowest BCUT2D eigenvalue weighted by Crippen LogP contribution is -2.36. The number of hydrogen-bond donors (Lipinski definition) is 2. The summed E-state index contributed by atoms with van der Waals surface area (Å²) in [4.78, 5) is 28.5. The van der Waals surface area contributed by atoms with Crippen molar-refractivity contribution in [3.8, 4) is 12.3 Å². The maximum Gasteiger partial charge on any atom is 0.254 e. The Kier molecular flexibility index (Phi) is 8.06. The fourth-order valence-electron chi connectivity index (χ4n) is 3.28. The van der Waals surface area contributed by atoms with E-state index in [1.165, 1.54) is 36.2 Å². The standard InChI is InChI=1S/C23H26N4O5S/c1-3-12-24-33(30,31)21-10-4-18(5-11-21)23(29)26(2)17-22(28)25-19-6-8-20(9-7-19)27-13-15-32-16-14-27/h1,4-11,24H,12-17H2,2H3,(H,25,28). The highest BCUT2D eigenvalue weighted by Crippen LogP contribution is 2.19. The van der Waals surface area contributed by atoms with Crippen molar-refractivity contribution in [2.45, 2.75) is 4.90 Å². The molecule has 1 heterocycles. The molecule has 2 amide bonds. The molecule has 3 rings (SSSR count). The summed E-state index contributed by atoms with van der Waals surface area (Å²) in [5.74, 6) is 1.44. The topological polar surface area (TPSA) is 108 Å². The molecular formula is C23H26N4O5S. The number of morpholine rings is 1. The van der Waals surface area contributed by atoms with E-state index in [4.69, 9.17) is 11.2 Å². The maximum atomic E-state index is 12.6. The first-order valence-electron chi connectivity index (χ1n) is 10.3. The van der Waals surface area contributed by atoms with Crippen LogP contribution in [0.15, 0.2) is 53.4 Å². The molecule has 1 aliphatic rings. The first-order valence-corrected chi connectivity index (χ1v) is 11.8. The summed E-state index contributed by atoms with van der Waals surface area (Å²) in [5.41, 5.74) is 1.95. The molecule has 1 aliphatic heterocycles. The zero-order valence-electron chi connectivity index (χ0n) is 18.3. The molecule has 33 heavy (non-hydrogen) atoms. The Morgan fingerprint density at radius 1 is 1.09 bits per heavy atom. The third kappa shape index (κ3) is 6.55. The average molecular weight is 471 g/mol. The van der Waals surface area contributed by atoms with Crippen LogP contribution in [0.4, 0.5) is 11.4 Å². The zero-order chi connectivity index (χ0) is 23.8. The van der Waals surface area contributed by atoms with Gasteiger partial charge in [-0.25, -0.2) is 8.42 Å². The molecule has 0 unspecified atom stereocenters. The summed E-state index contributed by atoms with van der Waals surface area (Å²) in [5, 5.41) is 2.78. The van der Waals surface area contributed by atoms with Gasteiger partial charge in [-0.1, -0.05) is 5.92 Å². The summed E-state index contributed by atoms with van der Waals surface area (Å²) >= 11 is 0.